The van der Waals surface area contributed by atoms with Crippen LogP contribution in [0.15, 0.2) is 48.5 Å². The van der Waals surface area contributed by atoms with Gasteiger partial charge in [-0.05, 0) is 35.4 Å². The van der Waals surface area contributed by atoms with Gasteiger partial charge in [0, 0.05) is 5.69 Å². The lowest BCUT2D eigenvalue weighted by atomic mass is 10.1. The van der Waals surface area contributed by atoms with Crippen molar-refractivity contribution in [2.24, 2.45) is 0 Å². The van der Waals surface area contributed by atoms with Crippen LogP contribution < -0.4 is 4.72 Å². The first-order valence-corrected chi connectivity index (χ1v) is 8.72. The molecule has 7 heteroatoms. The van der Waals surface area contributed by atoms with Gasteiger partial charge in [0.15, 0.2) is 0 Å². The molecule has 0 unspecified atom stereocenters. The summed E-state index contributed by atoms with van der Waals surface area (Å²) in [6, 6.07) is 14.8. The minimum Gasteiger partial charge on any atom is -0.465 e. The zero-order chi connectivity index (χ0) is 17.6. The second-order valence-electron chi connectivity index (χ2n) is 5.08. The van der Waals surface area contributed by atoms with Crippen LogP contribution in [0.1, 0.15) is 21.5 Å². The van der Waals surface area contributed by atoms with Crippen molar-refractivity contribution >= 4 is 21.7 Å². The van der Waals surface area contributed by atoms with E-state index in [-0.39, 0.29) is 12.2 Å². The van der Waals surface area contributed by atoms with Gasteiger partial charge < -0.3 is 4.74 Å². The Kier molecular flexibility index (Phi) is 5.55. The van der Waals surface area contributed by atoms with Gasteiger partial charge in [-0.1, -0.05) is 24.3 Å². The van der Waals surface area contributed by atoms with Gasteiger partial charge in [-0.3, -0.25) is 4.72 Å². The van der Waals surface area contributed by atoms with E-state index in [2.05, 4.69) is 9.46 Å². The topological polar surface area (TPSA) is 96.3 Å². The SMILES string of the molecule is COC(=O)c1ccc(CS(=O)(=O)Nc2ccc(CC#N)cc2)cc1. The third-order valence-electron chi connectivity index (χ3n) is 3.24. The molecule has 0 amide bonds. The number of hydrogen-bond acceptors (Lipinski definition) is 5. The van der Waals surface area contributed by atoms with Gasteiger partial charge >= 0.3 is 5.97 Å². The van der Waals surface area contributed by atoms with Crippen molar-refractivity contribution in [1.29, 1.82) is 5.26 Å². The molecule has 1 N–H and O–H groups in total. The number of anilines is 1. The van der Waals surface area contributed by atoms with Crippen molar-refractivity contribution in [3.63, 3.8) is 0 Å². The maximum absolute atomic E-state index is 12.2. The number of benzene rings is 2. The average molecular weight is 344 g/mol. The molecule has 0 spiro atoms. The molecule has 0 atom stereocenters. The lowest BCUT2D eigenvalue weighted by molar-refractivity contribution is 0.0600. The number of carbonyl (C=O) groups excluding carboxylic acids is 1. The molecule has 2 rings (SSSR count). The molecular weight excluding hydrogens is 328 g/mol. The molecule has 0 fully saturated rings. The summed E-state index contributed by atoms with van der Waals surface area (Å²) in [4.78, 5) is 11.4. The molecule has 0 saturated heterocycles. The quantitative estimate of drug-likeness (QED) is 0.812. The predicted octanol–water partition coefficient (Wildman–Crippen LogP) is 2.48. The number of sulfonamides is 1. The smallest absolute Gasteiger partial charge is 0.337 e. The van der Waals surface area contributed by atoms with E-state index < -0.39 is 16.0 Å². The highest BCUT2D eigenvalue weighted by atomic mass is 32.2. The van der Waals surface area contributed by atoms with E-state index in [0.717, 1.165) is 5.56 Å². The van der Waals surface area contributed by atoms with E-state index in [4.69, 9.17) is 5.26 Å². The zero-order valence-electron chi connectivity index (χ0n) is 13.0. The monoisotopic (exact) mass is 344 g/mol. The third kappa shape index (κ3) is 4.83. The van der Waals surface area contributed by atoms with Crippen LogP contribution in [0, 0.1) is 11.3 Å². The number of hydrogen-bond donors (Lipinski definition) is 1. The standard InChI is InChI=1S/C17H16N2O4S/c1-23-17(20)15-6-2-14(3-7-15)12-24(21,22)19-16-8-4-13(5-9-16)10-11-18/h2-9,19H,10,12H2,1H3. The Morgan fingerprint density at radius 1 is 1.08 bits per heavy atom. The number of nitrogens with zero attached hydrogens (tertiary/aromatic N) is 1. The molecule has 24 heavy (non-hydrogen) atoms. The van der Waals surface area contributed by atoms with Crippen LogP contribution in [0.5, 0.6) is 0 Å². The van der Waals surface area contributed by atoms with Crippen molar-refractivity contribution in [1.82, 2.24) is 0 Å². The number of nitrogens with one attached hydrogen (secondary N) is 1. The Balaban J connectivity index is 2.05. The van der Waals surface area contributed by atoms with Crippen LogP contribution >= 0.6 is 0 Å². The summed E-state index contributed by atoms with van der Waals surface area (Å²) in [7, 11) is -2.30. The van der Waals surface area contributed by atoms with Crippen LogP contribution in [0.25, 0.3) is 0 Å². The van der Waals surface area contributed by atoms with Crippen molar-refractivity contribution in [3.05, 3.63) is 65.2 Å². The fourth-order valence-electron chi connectivity index (χ4n) is 2.07. The van der Waals surface area contributed by atoms with E-state index in [9.17, 15) is 13.2 Å². The first-order chi connectivity index (χ1) is 11.4. The Bertz CT molecular complexity index is 851. The zero-order valence-corrected chi connectivity index (χ0v) is 13.8. The Labute approximate surface area is 140 Å². The van der Waals surface area contributed by atoms with E-state index >= 15 is 0 Å². The molecule has 0 aliphatic rings. The van der Waals surface area contributed by atoms with E-state index in [0.29, 0.717) is 16.8 Å². The highest BCUT2D eigenvalue weighted by molar-refractivity contribution is 7.91. The maximum atomic E-state index is 12.2. The molecule has 0 saturated carbocycles. The second kappa shape index (κ2) is 7.62. The molecule has 0 aliphatic heterocycles. The van der Waals surface area contributed by atoms with Crippen molar-refractivity contribution in [2.45, 2.75) is 12.2 Å². The highest BCUT2D eigenvalue weighted by Crippen LogP contribution is 2.15. The molecule has 0 radical (unpaired) electrons. The van der Waals surface area contributed by atoms with Crippen molar-refractivity contribution < 1.29 is 17.9 Å². The summed E-state index contributed by atoms with van der Waals surface area (Å²) in [5.41, 5.74) is 2.16. The summed E-state index contributed by atoms with van der Waals surface area (Å²) in [5.74, 6) is -0.686. The number of nitriles is 1. The van der Waals surface area contributed by atoms with Gasteiger partial charge in [-0.15, -0.1) is 0 Å². The molecule has 0 aromatic heterocycles. The van der Waals surface area contributed by atoms with Crippen LogP contribution in [0.4, 0.5) is 5.69 Å². The predicted molar refractivity (Wildman–Crippen MR) is 89.8 cm³/mol. The summed E-state index contributed by atoms with van der Waals surface area (Å²) in [6.07, 6.45) is 0.277. The normalized spacial score (nSPS) is 10.7. The number of methoxy groups -OCH3 is 1. The highest BCUT2D eigenvalue weighted by Gasteiger charge is 2.13. The Morgan fingerprint density at radius 3 is 2.21 bits per heavy atom. The van der Waals surface area contributed by atoms with Gasteiger partial charge in [-0.2, -0.15) is 5.26 Å². The fraction of sp³-hybridized carbons (Fsp3) is 0.176. The molecule has 6 nitrogen and oxygen atoms in total. The summed E-state index contributed by atoms with van der Waals surface area (Å²) in [6.45, 7) is 0. The van der Waals surface area contributed by atoms with Crippen LogP contribution in [0.3, 0.4) is 0 Å². The van der Waals surface area contributed by atoms with E-state index in [1.54, 1.807) is 36.4 Å². The number of rotatable bonds is 6. The van der Waals surface area contributed by atoms with Gasteiger partial charge in [0.25, 0.3) is 0 Å². The maximum Gasteiger partial charge on any atom is 0.337 e. The first kappa shape index (κ1) is 17.5. The van der Waals surface area contributed by atoms with Crippen molar-refractivity contribution in [3.8, 4) is 6.07 Å². The Hall–Kier alpha value is -2.85. The second-order valence-corrected chi connectivity index (χ2v) is 6.80. The molecule has 2 aromatic rings. The molecule has 124 valence electrons. The number of esters is 1. The summed E-state index contributed by atoms with van der Waals surface area (Å²) < 4.78 is 31.5. The van der Waals surface area contributed by atoms with E-state index in [1.165, 1.54) is 19.2 Å². The van der Waals surface area contributed by atoms with E-state index in [1.807, 2.05) is 6.07 Å². The minimum absolute atomic E-state index is 0.214. The number of ether oxygens (including phenoxy) is 1. The van der Waals surface area contributed by atoms with Gasteiger partial charge in [0.05, 0.1) is 30.9 Å². The largest absolute Gasteiger partial charge is 0.465 e. The summed E-state index contributed by atoms with van der Waals surface area (Å²) >= 11 is 0. The minimum atomic E-state index is -3.58. The van der Waals surface area contributed by atoms with Gasteiger partial charge in [0.1, 0.15) is 0 Å². The Morgan fingerprint density at radius 2 is 1.67 bits per heavy atom. The third-order valence-corrected chi connectivity index (χ3v) is 4.50. The molecule has 2 aromatic carbocycles. The van der Waals surface area contributed by atoms with Gasteiger partial charge in [0.2, 0.25) is 10.0 Å². The van der Waals surface area contributed by atoms with Crippen molar-refractivity contribution in [2.75, 3.05) is 11.8 Å². The summed E-state index contributed by atoms with van der Waals surface area (Å²) in [5, 5.41) is 8.62. The van der Waals surface area contributed by atoms with Crippen LogP contribution in [0.2, 0.25) is 0 Å². The van der Waals surface area contributed by atoms with Gasteiger partial charge in [-0.25, -0.2) is 13.2 Å². The van der Waals surface area contributed by atoms with Crippen LogP contribution in [-0.2, 0) is 26.9 Å². The molecule has 0 heterocycles. The fourth-order valence-corrected chi connectivity index (χ4v) is 3.27. The lowest BCUT2D eigenvalue weighted by Crippen LogP contribution is -2.15. The number of carbonyl (C=O) groups is 1. The molecule has 0 bridgehead atoms. The molecular formula is C17H16N2O4S. The molecule has 0 aliphatic carbocycles. The lowest BCUT2D eigenvalue weighted by Gasteiger charge is -2.09. The van der Waals surface area contributed by atoms with Crippen LogP contribution in [-0.4, -0.2) is 21.5 Å². The first-order valence-electron chi connectivity index (χ1n) is 7.07. The average Bonchev–Trinajstić information content (AvgIpc) is 2.56.